The van der Waals surface area contributed by atoms with Gasteiger partial charge in [-0.2, -0.15) is 0 Å². The Kier molecular flexibility index (Phi) is 4.77. The number of fused-ring (bicyclic) bond motifs is 1. The van der Waals surface area contributed by atoms with Crippen molar-refractivity contribution in [3.05, 3.63) is 41.7 Å². The van der Waals surface area contributed by atoms with Crippen LogP contribution in [-0.2, 0) is 22.6 Å². The maximum absolute atomic E-state index is 12.5. The summed E-state index contributed by atoms with van der Waals surface area (Å²) >= 11 is 0. The molecule has 0 spiro atoms. The molecule has 5 nitrogen and oxygen atoms in total. The zero-order valence-corrected chi connectivity index (χ0v) is 16.0. The smallest absolute Gasteiger partial charge is 0.226 e. The van der Waals surface area contributed by atoms with Crippen molar-refractivity contribution in [1.82, 2.24) is 4.90 Å². The number of hydrogen-bond donors (Lipinski definition) is 1. The summed E-state index contributed by atoms with van der Waals surface area (Å²) in [5.74, 6) is 2.31. The molecule has 1 saturated carbocycles. The Morgan fingerprint density at radius 1 is 1.19 bits per heavy atom. The fourth-order valence-electron chi connectivity index (χ4n) is 3.58. The quantitative estimate of drug-likeness (QED) is 0.881. The summed E-state index contributed by atoms with van der Waals surface area (Å²) in [7, 11) is 0. The SMILES string of the molecule is CC(C)C(=O)Nc1ccc(-c2cc3c(o2)CCN(C(=O)C2CCC2)C3)cc1. The van der Waals surface area contributed by atoms with Gasteiger partial charge in [0.05, 0.1) is 0 Å². The minimum Gasteiger partial charge on any atom is -0.461 e. The Bertz CT molecular complexity index is 847. The van der Waals surface area contributed by atoms with Gasteiger partial charge >= 0.3 is 0 Å². The third-order valence-corrected chi connectivity index (χ3v) is 5.59. The molecule has 27 heavy (non-hydrogen) atoms. The molecule has 2 aliphatic rings. The molecular formula is C22H26N2O3. The summed E-state index contributed by atoms with van der Waals surface area (Å²) in [4.78, 5) is 26.3. The first-order chi connectivity index (χ1) is 13.0. The highest BCUT2D eigenvalue weighted by atomic mass is 16.3. The molecular weight excluding hydrogens is 340 g/mol. The van der Waals surface area contributed by atoms with Crippen LogP contribution in [0.2, 0.25) is 0 Å². The molecule has 1 aromatic carbocycles. The molecule has 1 N–H and O–H groups in total. The summed E-state index contributed by atoms with van der Waals surface area (Å²) in [6, 6.07) is 9.75. The van der Waals surface area contributed by atoms with Gasteiger partial charge in [-0.15, -0.1) is 0 Å². The van der Waals surface area contributed by atoms with Crippen molar-refractivity contribution in [2.75, 3.05) is 11.9 Å². The highest BCUT2D eigenvalue weighted by Gasteiger charge is 2.32. The van der Waals surface area contributed by atoms with Crippen molar-refractivity contribution in [1.29, 1.82) is 0 Å². The number of rotatable bonds is 4. The van der Waals surface area contributed by atoms with Crippen LogP contribution in [0.1, 0.15) is 44.4 Å². The molecule has 1 fully saturated rings. The molecule has 1 aromatic heterocycles. The average Bonchev–Trinajstić information content (AvgIpc) is 3.03. The van der Waals surface area contributed by atoms with E-state index in [4.69, 9.17) is 4.42 Å². The predicted molar refractivity (Wildman–Crippen MR) is 104 cm³/mol. The highest BCUT2D eigenvalue weighted by Crippen LogP contribution is 2.33. The van der Waals surface area contributed by atoms with Gasteiger partial charge in [-0.25, -0.2) is 0 Å². The van der Waals surface area contributed by atoms with E-state index < -0.39 is 0 Å². The van der Waals surface area contributed by atoms with E-state index in [0.29, 0.717) is 12.5 Å². The Hall–Kier alpha value is -2.56. The van der Waals surface area contributed by atoms with Gasteiger partial charge in [-0.3, -0.25) is 9.59 Å². The van der Waals surface area contributed by atoms with Crippen molar-refractivity contribution in [2.45, 2.75) is 46.1 Å². The van der Waals surface area contributed by atoms with Gasteiger partial charge in [0.2, 0.25) is 11.8 Å². The zero-order chi connectivity index (χ0) is 19.0. The van der Waals surface area contributed by atoms with Crippen LogP contribution < -0.4 is 5.32 Å². The lowest BCUT2D eigenvalue weighted by Gasteiger charge is -2.33. The van der Waals surface area contributed by atoms with E-state index in [2.05, 4.69) is 11.4 Å². The van der Waals surface area contributed by atoms with Crippen LogP contribution in [-0.4, -0.2) is 23.3 Å². The van der Waals surface area contributed by atoms with Gasteiger partial charge in [0.1, 0.15) is 11.5 Å². The van der Waals surface area contributed by atoms with Crippen LogP contribution in [0.4, 0.5) is 5.69 Å². The number of hydrogen-bond acceptors (Lipinski definition) is 3. The molecule has 4 rings (SSSR count). The number of furan rings is 1. The molecule has 0 radical (unpaired) electrons. The highest BCUT2D eigenvalue weighted by molar-refractivity contribution is 5.92. The number of carbonyl (C=O) groups is 2. The van der Waals surface area contributed by atoms with Gasteiger partial charge in [-0.1, -0.05) is 20.3 Å². The molecule has 1 aliphatic carbocycles. The van der Waals surface area contributed by atoms with Crippen molar-refractivity contribution in [2.24, 2.45) is 11.8 Å². The van der Waals surface area contributed by atoms with Crippen LogP contribution in [0.3, 0.4) is 0 Å². The van der Waals surface area contributed by atoms with Gasteiger partial charge < -0.3 is 14.6 Å². The molecule has 142 valence electrons. The van der Waals surface area contributed by atoms with Gasteiger partial charge in [-0.05, 0) is 43.2 Å². The van der Waals surface area contributed by atoms with E-state index in [0.717, 1.165) is 54.1 Å². The lowest BCUT2D eigenvalue weighted by atomic mass is 9.84. The number of benzene rings is 1. The Morgan fingerprint density at radius 2 is 1.93 bits per heavy atom. The average molecular weight is 366 g/mol. The summed E-state index contributed by atoms with van der Waals surface area (Å²) in [6.45, 7) is 5.14. The van der Waals surface area contributed by atoms with Crippen molar-refractivity contribution in [3.8, 4) is 11.3 Å². The second-order valence-corrected chi connectivity index (χ2v) is 7.92. The number of nitrogens with one attached hydrogen (secondary N) is 1. The number of anilines is 1. The largest absolute Gasteiger partial charge is 0.461 e. The number of carbonyl (C=O) groups excluding carboxylic acids is 2. The molecule has 2 aromatic rings. The molecule has 0 saturated heterocycles. The molecule has 2 heterocycles. The summed E-state index contributed by atoms with van der Waals surface area (Å²) < 4.78 is 6.05. The van der Waals surface area contributed by atoms with Crippen molar-refractivity contribution in [3.63, 3.8) is 0 Å². The number of amides is 2. The fourth-order valence-corrected chi connectivity index (χ4v) is 3.58. The maximum Gasteiger partial charge on any atom is 0.226 e. The molecule has 0 bridgehead atoms. The standard InChI is InChI=1S/C22H26N2O3/c1-14(2)21(25)23-18-8-6-15(7-9-18)20-12-17-13-24(11-10-19(17)27-20)22(26)16-4-3-5-16/h6-9,12,14,16H,3-5,10-11,13H2,1-2H3,(H,23,25). The lowest BCUT2D eigenvalue weighted by molar-refractivity contribution is -0.139. The molecule has 0 unspecified atom stereocenters. The van der Waals surface area contributed by atoms with Crippen molar-refractivity contribution >= 4 is 17.5 Å². The van der Waals surface area contributed by atoms with E-state index in [-0.39, 0.29) is 17.7 Å². The van der Waals surface area contributed by atoms with Gasteiger partial charge in [0, 0.05) is 48.2 Å². The number of nitrogens with zero attached hydrogens (tertiary/aromatic N) is 1. The monoisotopic (exact) mass is 366 g/mol. The fraction of sp³-hybridized carbons (Fsp3) is 0.455. The van der Waals surface area contributed by atoms with E-state index in [1.165, 1.54) is 6.42 Å². The Morgan fingerprint density at radius 3 is 2.56 bits per heavy atom. The van der Waals surface area contributed by atoms with Crippen LogP contribution in [0, 0.1) is 11.8 Å². The van der Waals surface area contributed by atoms with E-state index in [1.54, 1.807) is 0 Å². The Labute approximate surface area is 159 Å². The zero-order valence-electron chi connectivity index (χ0n) is 16.0. The third-order valence-electron chi connectivity index (χ3n) is 5.59. The van der Waals surface area contributed by atoms with Crippen LogP contribution in [0.5, 0.6) is 0 Å². The first-order valence-corrected chi connectivity index (χ1v) is 9.83. The first-order valence-electron chi connectivity index (χ1n) is 9.83. The Balaban J connectivity index is 1.46. The van der Waals surface area contributed by atoms with Crippen LogP contribution in [0.25, 0.3) is 11.3 Å². The third kappa shape index (κ3) is 3.64. The van der Waals surface area contributed by atoms with Gasteiger partial charge in [0.15, 0.2) is 0 Å². The summed E-state index contributed by atoms with van der Waals surface area (Å²) in [5, 5.41) is 2.90. The first kappa shape index (κ1) is 17.8. The van der Waals surface area contributed by atoms with E-state index in [1.807, 2.05) is 43.0 Å². The minimum atomic E-state index is -0.0490. The van der Waals surface area contributed by atoms with Gasteiger partial charge in [0.25, 0.3) is 0 Å². The maximum atomic E-state index is 12.5. The topological polar surface area (TPSA) is 62.6 Å². The molecule has 1 aliphatic heterocycles. The van der Waals surface area contributed by atoms with Crippen LogP contribution in [0.15, 0.2) is 34.7 Å². The minimum absolute atomic E-state index is 0.00688. The molecule has 0 atom stereocenters. The van der Waals surface area contributed by atoms with Crippen molar-refractivity contribution < 1.29 is 14.0 Å². The predicted octanol–water partition coefficient (Wildman–Crippen LogP) is 4.23. The summed E-state index contributed by atoms with van der Waals surface area (Å²) in [6.07, 6.45) is 4.03. The lowest BCUT2D eigenvalue weighted by Crippen LogP contribution is -2.41. The molecule has 2 amide bonds. The van der Waals surface area contributed by atoms with E-state index in [9.17, 15) is 9.59 Å². The summed E-state index contributed by atoms with van der Waals surface area (Å²) in [5.41, 5.74) is 2.87. The van der Waals surface area contributed by atoms with Crippen LogP contribution >= 0.6 is 0 Å². The molecule has 5 heteroatoms. The second-order valence-electron chi connectivity index (χ2n) is 7.92. The normalized spacial score (nSPS) is 16.8. The second kappa shape index (κ2) is 7.22. The van der Waals surface area contributed by atoms with E-state index >= 15 is 0 Å².